The van der Waals surface area contributed by atoms with Crippen LogP contribution in [0.25, 0.3) is 11.8 Å². The Balaban J connectivity index is 1.96. The maximum atomic E-state index is 13.3. The number of hydrogen-bond donors (Lipinski definition) is 0. The standard InChI is InChI=1S/C26H30N4O/c1-4-22-12-9-19(2)29(22)18-26(31)25-16-24(8-6-5-7-15-27)30(20(25)3)23-13-10-21(17-28)11-14-23/h6,8,10-11,13-14,16,19,22H,4-5,7,9,12,18H2,1-3H3/b8-6+. The molecular formula is C26H30N4O. The molecule has 0 aliphatic carbocycles. The number of carbonyl (C=O) groups is 1. The molecule has 0 N–H and O–H groups in total. The van der Waals surface area contributed by atoms with Gasteiger partial charge in [-0.05, 0) is 75.9 Å². The van der Waals surface area contributed by atoms with Gasteiger partial charge >= 0.3 is 0 Å². The van der Waals surface area contributed by atoms with Gasteiger partial charge < -0.3 is 4.57 Å². The van der Waals surface area contributed by atoms with Crippen LogP contribution in [0.15, 0.2) is 36.4 Å². The Morgan fingerprint density at radius 3 is 2.61 bits per heavy atom. The minimum Gasteiger partial charge on any atom is -0.314 e. The van der Waals surface area contributed by atoms with Gasteiger partial charge in [-0.3, -0.25) is 9.69 Å². The Labute approximate surface area is 185 Å². The minimum absolute atomic E-state index is 0.142. The molecule has 1 saturated heterocycles. The molecule has 1 fully saturated rings. The van der Waals surface area contributed by atoms with Crippen molar-refractivity contribution in [1.82, 2.24) is 9.47 Å². The number of carbonyl (C=O) groups excluding carboxylic acids is 1. The van der Waals surface area contributed by atoms with Crippen LogP contribution in [-0.2, 0) is 0 Å². The molecule has 0 bridgehead atoms. The van der Waals surface area contributed by atoms with E-state index in [0.717, 1.165) is 41.9 Å². The Kier molecular flexibility index (Phi) is 7.45. The van der Waals surface area contributed by atoms with Gasteiger partial charge in [0.25, 0.3) is 0 Å². The summed E-state index contributed by atoms with van der Waals surface area (Å²) in [7, 11) is 0. The van der Waals surface area contributed by atoms with Crippen molar-refractivity contribution in [2.24, 2.45) is 0 Å². The number of nitrogens with zero attached hydrogens (tertiary/aromatic N) is 4. The second-order valence-corrected chi connectivity index (χ2v) is 8.25. The molecule has 0 saturated carbocycles. The zero-order chi connectivity index (χ0) is 22.4. The summed E-state index contributed by atoms with van der Waals surface area (Å²) in [5.41, 5.74) is 4.05. The van der Waals surface area contributed by atoms with Gasteiger partial charge in [-0.1, -0.05) is 13.0 Å². The van der Waals surface area contributed by atoms with E-state index in [0.29, 0.717) is 37.0 Å². The number of likely N-dealkylation sites (tertiary alicyclic amines) is 1. The molecule has 2 aromatic rings. The largest absolute Gasteiger partial charge is 0.314 e. The number of ketones is 1. The highest BCUT2D eigenvalue weighted by atomic mass is 16.1. The first-order valence-corrected chi connectivity index (χ1v) is 11.1. The first-order valence-electron chi connectivity index (χ1n) is 11.1. The summed E-state index contributed by atoms with van der Waals surface area (Å²) in [5, 5.41) is 17.9. The summed E-state index contributed by atoms with van der Waals surface area (Å²) in [6.07, 6.45) is 8.45. The van der Waals surface area contributed by atoms with Crippen molar-refractivity contribution in [2.75, 3.05) is 6.54 Å². The molecule has 3 rings (SSSR count). The number of allylic oxidation sites excluding steroid dienone is 1. The van der Waals surface area contributed by atoms with E-state index in [1.807, 2.05) is 37.3 Å². The smallest absolute Gasteiger partial charge is 0.178 e. The fourth-order valence-corrected chi connectivity index (χ4v) is 4.52. The van der Waals surface area contributed by atoms with Crippen molar-refractivity contribution >= 4 is 11.9 Å². The van der Waals surface area contributed by atoms with E-state index < -0.39 is 0 Å². The van der Waals surface area contributed by atoms with Gasteiger partial charge in [-0.25, -0.2) is 0 Å². The summed E-state index contributed by atoms with van der Waals surface area (Å²) in [5.74, 6) is 0.142. The van der Waals surface area contributed by atoms with Gasteiger partial charge in [0, 0.05) is 41.1 Å². The molecule has 1 aliphatic heterocycles. The summed E-state index contributed by atoms with van der Waals surface area (Å²) < 4.78 is 2.06. The van der Waals surface area contributed by atoms with Gasteiger partial charge in [0.1, 0.15) is 0 Å². The molecule has 1 aromatic heterocycles. The highest BCUT2D eigenvalue weighted by Gasteiger charge is 2.31. The van der Waals surface area contributed by atoms with Crippen LogP contribution in [0, 0.1) is 29.6 Å². The van der Waals surface area contributed by atoms with Crippen molar-refractivity contribution in [3.8, 4) is 17.8 Å². The van der Waals surface area contributed by atoms with Crippen LogP contribution in [0.4, 0.5) is 0 Å². The molecule has 0 amide bonds. The predicted octanol–water partition coefficient (Wildman–Crippen LogP) is 5.42. The molecule has 1 aromatic carbocycles. The second-order valence-electron chi connectivity index (χ2n) is 8.25. The van der Waals surface area contributed by atoms with Gasteiger partial charge in [-0.15, -0.1) is 0 Å². The lowest BCUT2D eigenvalue weighted by atomic mass is 10.1. The molecule has 31 heavy (non-hydrogen) atoms. The van der Waals surface area contributed by atoms with Gasteiger partial charge in [0.15, 0.2) is 5.78 Å². The average Bonchev–Trinajstić information content (AvgIpc) is 3.30. The van der Waals surface area contributed by atoms with E-state index in [1.165, 1.54) is 0 Å². The Morgan fingerprint density at radius 1 is 1.23 bits per heavy atom. The van der Waals surface area contributed by atoms with Gasteiger partial charge in [-0.2, -0.15) is 10.5 Å². The Morgan fingerprint density at radius 2 is 1.97 bits per heavy atom. The van der Waals surface area contributed by atoms with Gasteiger partial charge in [0.2, 0.25) is 0 Å². The van der Waals surface area contributed by atoms with E-state index in [4.69, 9.17) is 10.5 Å². The summed E-state index contributed by atoms with van der Waals surface area (Å²) in [6.45, 7) is 6.82. The molecule has 2 atom stereocenters. The molecule has 0 radical (unpaired) electrons. The zero-order valence-corrected chi connectivity index (χ0v) is 18.6. The highest BCUT2D eigenvalue weighted by Crippen LogP contribution is 2.28. The van der Waals surface area contributed by atoms with Crippen LogP contribution in [0.3, 0.4) is 0 Å². The normalized spacial score (nSPS) is 18.9. The average molecular weight is 415 g/mol. The van der Waals surface area contributed by atoms with Crippen LogP contribution in [0.1, 0.15) is 73.3 Å². The lowest BCUT2D eigenvalue weighted by molar-refractivity contribution is 0.0888. The molecule has 160 valence electrons. The number of Topliss-reactive ketones (excluding diaryl/α,β-unsaturated/α-hetero) is 1. The fraction of sp³-hybridized carbons (Fsp3) is 0.423. The first-order chi connectivity index (χ1) is 15.0. The zero-order valence-electron chi connectivity index (χ0n) is 18.6. The molecule has 1 aliphatic rings. The lowest BCUT2D eigenvalue weighted by Crippen LogP contribution is -2.38. The summed E-state index contributed by atoms with van der Waals surface area (Å²) in [4.78, 5) is 15.7. The highest BCUT2D eigenvalue weighted by molar-refractivity contribution is 5.99. The summed E-state index contributed by atoms with van der Waals surface area (Å²) >= 11 is 0. The lowest BCUT2D eigenvalue weighted by Gasteiger charge is -2.26. The number of unbranched alkanes of at least 4 members (excludes halogenated alkanes) is 1. The number of nitriles is 2. The molecule has 2 unspecified atom stereocenters. The third kappa shape index (κ3) is 4.95. The molecule has 0 spiro atoms. The summed E-state index contributed by atoms with van der Waals surface area (Å²) in [6, 6.07) is 14.6. The van der Waals surface area contributed by atoms with Crippen LogP contribution in [-0.4, -0.2) is 33.9 Å². The number of aromatic nitrogens is 1. The van der Waals surface area contributed by atoms with E-state index in [9.17, 15) is 4.79 Å². The molecular weight excluding hydrogens is 384 g/mol. The fourth-order valence-electron chi connectivity index (χ4n) is 4.52. The van der Waals surface area contributed by atoms with Crippen LogP contribution in [0.5, 0.6) is 0 Å². The van der Waals surface area contributed by atoms with Crippen molar-refractivity contribution in [3.05, 3.63) is 58.9 Å². The van der Waals surface area contributed by atoms with Crippen molar-refractivity contribution < 1.29 is 4.79 Å². The van der Waals surface area contributed by atoms with E-state index in [-0.39, 0.29) is 5.78 Å². The van der Waals surface area contributed by atoms with Crippen molar-refractivity contribution in [3.63, 3.8) is 0 Å². The monoisotopic (exact) mass is 414 g/mol. The number of hydrogen-bond acceptors (Lipinski definition) is 4. The van der Waals surface area contributed by atoms with E-state index in [1.54, 1.807) is 12.1 Å². The van der Waals surface area contributed by atoms with Crippen molar-refractivity contribution in [2.45, 2.75) is 65.0 Å². The maximum absolute atomic E-state index is 13.3. The van der Waals surface area contributed by atoms with Crippen molar-refractivity contribution in [1.29, 1.82) is 10.5 Å². The van der Waals surface area contributed by atoms with Crippen LogP contribution < -0.4 is 0 Å². The van der Waals surface area contributed by atoms with E-state index >= 15 is 0 Å². The minimum atomic E-state index is 0.142. The third-order valence-corrected chi connectivity index (χ3v) is 6.29. The van der Waals surface area contributed by atoms with E-state index in [2.05, 4.69) is 35.5 Å². The Bertz CT molecular complexity index is 1030. The number of benzene rings is 1. The quantitative estimate of drug-likeness (QED) is 0.427. The topological polar surface area (TPSA) is 72.8 Å². The molecule has 5 nitrogen and oxygen atoms in total. The van der Waals surface area contributed by atoms with Crippen LogP contribution >= 0.6 is 0 Å². The SMILES string of the molecule is CCC1CCC(C)N1CC(=O)c1cc(/C=C/CCC#N)n(-c2ccc(C#N)cc2)c1C. The predicted molar refractivity (Wildman–Crippen MR) is 123 cm³/mol. The van der Waals surface area contributed by atoms with Crippen LogP contribution in [0.2, 0.25) is 0 Å². The first kappa shape index (κ1) is 22.5. The maximum Gasteiger partial charge on any atom is 0.178 e. The second kappa shape index (κ2) is 10.2. The van der Waals surface area contributed by atoms with Gasteiger partial charge in [0.05, 0.1) is 24.2 Å². The Hall–Kier alpha value is -3.15. The number of rotatable bonds is 8. The molecule has 2 heterocycles. The molecule has 5 heteroatoms. The third-order valence-electron chi connectivity index (χ3n) is 6.29.